The van der Waals surface area contributed by atoms with E-state index in [0.717, 1.165) is 17.7 Å². The number of nitrogens with one attached hydrogen (secondary N) is 1. The Kier molecular flexibility index (Phi) is 3.79. The molecule has 0 radical (unpaired) electrons. The van der Waals surface area contributed by atoms with Crippen molar-refractivity contribution in [1.82, 2.24) is 5.32 Å². The molecule has 128 valence electrons. The van der Waals surface area contributed by atoms with Gasteiger partial charge in [-0.25, -0.2) is 4.39 Å². The van der Waals surface area contributed by atoms with E-state index in [1.165, 1.54) is 6.07 Å². The first-order valence-corrected chi connectivity index (χ1v) is 8.53. The number of benzene rings is 2. The van der Waals surface area contributed by atoms with Crippen molar-refractivity contribution in [2.24, 2.45) is 0 Å². The van der Waals surface area contributed by atoms with Crippen molar-refractivity contribution in [3.63, 3.8) is 0 Å². The minimum atomic E-state index is -0.811. The van der Waals surface area contributed by atoms with Gasteiger partial charge in [0.15, 0.2) is 0 Å². The minimum absolute atomic E-state index is 0.0661. The lowest BCUT2D eigenvalue weighted by Crippen LogP contribution is -2.43. The third kappa shape index (κ3) is 2.69. The van der Waals surface area contributed by atoms with Crippen molar-refractivity contribution in [1.29, 1.82) is 0 Å². The molecule has 1 N–H and O–H groups in total. The Labute approximate surface area is 145 Å². The lowest BCUT2D eigenvalue weighted by atomic mass is 9.94. The van der Waals surface area contributed by atoms with Crippen molar-refractivity contribution in [2.45, 2.75) is 24.7 Å². The summed E-state index contributed by atoms with van der Waals surface area (Å²) in [4.78, 5) is 26.8. The van der Waals surface area contributed by atoms with E-state index in [1.807, 2.05) is 24.3 Å². The van der Waals surface area contributed by atoms with Crippen molar-refractivity contribution >= 4 is 17.5 Å². The number of nitrogens with zero attached hydrogens (tertiary/aromatic N) is 1. The topological polar surface area (TPSA) is 49.4 Å². The van der Waals surface area contributed by atoms with Crippen LogP contribution in [0.5, 0.6) is 0 Å². The van der Waals surface area contributed by atoms with E-state index in [2.05, 4.69) is 5.32 Å². The maximum Gasteiger partial charge on any atom is 0.246 e. The number of hydrogen-bond acceptors (Lipinski definition) is 2. The zero-order valence-electron chi connectivity index (χ0n) is 13.8. The molecule has 2 aromatic carbocycles. The summed E-state index contributed by atoms with van der Waals surface area (Å²) in [7, 11) is 0. The fraction of sp³-hybridized carbons (Fsp3) is 0.300. The molecule has 2 amide bonds. The van der Waals surface area contributed by atoms with Gasteiger partial charge in [-0.15, -0.1) is 0 Å². The van der Waals surface area contributed by atoms with Crippen LogP contribution in [0.1, 0.15) is 24.0 Å². The molecule has 0 bridgehead atoms. The third-order valence-electron chi connectivity index (χ3n) is 5.16. The summed E-state index contributed by atoms with van der Waals surface area (Å²) in [6.07, 6.45) is 2.05. The molecular weight excluding hydrogens is 319 g/mol. The van der Waals surface area contributed by atoms with E-state index in [0.29, 0.717) is 24.9 Å². The number of para-hydroxylation sites is 1. The van der Waals surface area contributed by atoms with Crippen LogP contribution >= 0.6 is 0 Å². The molecular formula is C20H19FN2O2. The second-order valence-electron chi connectivity index (χ2n) is 6.67. The lowest BCUT2D eigenvalue weighted by Gasteiger charge is -2.20. The molecule has 1 aliphatic heterocycles. The summed E-state index contributed by atoms with van der Waals surface area (Å²) >= 11 is 0. The first-order chi connectivity index (χ1) is 12.1. The molecule has 0 unspecified atom stereocenters. The average Bonchev–Trinajstić information content (AvgIpc) is 3.32. The molecule has 2 aliphatic rings. The fourth-order valence-electron chi connectivity index (χ4n) is 3.61. The maximum absolute atomic E-state index is 14.0. The summed E-state index contributed by atoms with van der Waals surface area (Å²) in [5.41, 5.74) is 1.67. The number of amides is 2. The summed E-state index contributed by atoms with van der Waals surface area (Å²) in [5, 5.41) is 2.72. The Balaban J connectivity index is 1.43. The van der Waals surface area contributed by atoms with E-state index >= 15 is 0 Å². The average molecular weight is 338 g/mol. The van der Waals surface area contributed by atoms with Crippen molar-refractivity contribution < 1.29 is 14.0 Å². The van der Waals surface area contributed by atoms with Crippen LogP contribution in [-0.4, -0.2) is 24.9 Å². The number of rotatable bonds is 4. The van der Waals surface area contributed by atoms with Crippen LogP contribution < -0.4 is 10.2 Å². The van der Waals surface area contributed by atoms with Gasteiger partial charge in [0.1, 0.15) is 5.82 Å². The minimum Gasteiger partial charge on any atom is -0.346 e. The van der Waals surface area contributed by atoms with Crippen molar-refractivity contribution in [3.05, 3.63) is 65.5 Å². The van der Waals surface area contributed by atoms with E-state index in [4.69, 9.17) is 0 Å². The van der Waals surface area contributed by atoms with Gasteiger partial charge in [0.25, 0.3) is 0 Å². The maximum atomic E-state index is 14.0. The van der Waals surface area contributed by atoms with E-state index < -0.39 is 5.41 Å². The van der Waals surface area contributed by atoms with Gasteiger partial charge >= 0.3 is 0 Å². The Bertz CT molecular complexity index is 845. The summed E-state index contributed by atoms with van der Waals surface area (Å²) in [6, 6.07) is 14.2. The van der Waals surface area contributed by atoms with E-state index in [-0.39, 0.29) is 24.2 Å². The molecule has 25 heavy (non-hydrogen) atoms. The normalized spacial score (nSPS) is 17.1. The Hall–Kier alpha value is -2.69. The van der Waals surface area contributed by atoms with Crippen LogP contribution in [-0.2, 0) is 21.4 Å². The molecule has 0 spiro atoms. The zero-order chi connectivity index (χ0) is 17.4. The zero-order valence-corrected chi connectivity index (χ0v) is 13.8. The Morgan fingerprint density at radius 2 is 1.80 bits per heavy atom. The third-order valence-corrected chi connectivity index (χ3v) is 5.16. The van der Waals surface area contributed by atoms with Crippen molar-refractivity contribution in [3.8, 4) is 0 Å². The monoisotopic (exact) mass is 338 g/mol. The number of carbonyl (C=O) groups excluding carboxylic acids is 2. The van der Waals surface area contributed by atoms with Gasteiger partial charge in [-0.1, -0.05) is 36.4 Å². The van der Waals surface area contributed by atoms with Gasteiger partial charge in [0.2, 0.25) is 11.8 Å². The van der Waals surface area contributed by atoms with E-state index in [1.54, 1.807) is 23.1 Å². The molecule has 2 aromatic rings. The fourth-order valence-corrected chi connectivity index (χ4v) is 3.61. The summed E-state index contributed by atoms with van der Waals surface area (Å²) < 4.78 is 14.0. The molecule has 1 heterocycles. The van der Waals surface area contributed by atoms with Crippen molar-refractivity contribution in [2.75, 3.05) is 18.0 Å². The molecule has 1 fully saturated rings. The predicted molar refractivity (Wildman–Crippen MR) is 92.8 cm³/mol. The van der Waals surface area contributed by atoms with Gasteiger partial charge in [-0.2, -0.15) is 0 Å². The van der Waals surface area contributed by atoms with Crippen LogP contribution in [0, 0.1) is 5.82 Å². The number of carbonyl (C=O) groups is 2. The predicted octanol–water partition coefficient (Wildman–Crippen LogP) is 2.56. The number of anilines is 1. The smallest absolute Gasteiger partial charge is 0.246 e. The quantitative estimate of drug-likeness (QED) is 0.931. The summed E-state index contributed by atoms with van der Waals surface area (Å²) in [5.74, 6) is -0.768. The highest BCUT2D eigenvalue weighted by Gasteiger charge is 2.52. The van der Waals surface area contributed by atoms with Crippen LogP contribution in [0.2, 0.25) is 0 Å². The van der Waals surface area contributed by atoms with Crippen LogP contribution in [0.25, 0.3) is 0 Å². The van der Waals surface area contributed by atoms with Gasteiger partial charge in [-0.05, 0) is 37.0 Å². The van der Waals surface area contributed by atoms with Crippen LogP contribution in [0.15, 0.2) is 48.5 Å². The molecule has 4 nitrogen and oxygen atoms in total. The van der Waals surface area contributed by atoms with Gasteiger partial charge < -0.3 is 10.2 Å². The molecule has 4 rings (SSSR count). The highest BCUT2D eigenvalue weighted by molar-refractivity contribution is 6.00. The molecule has 0 saturated heterocycles. The van der Waals surface area contributed by atoms with Crippen LogP contribution in [0.3, 0.4) is 0 Å². The number of hydrogen-bond donors (Lipinski definition) is 1. The van der Waals surface area contributed by atoms with Gasteiger partial charge in [0.05, 0.1) is 12.0 Å². The summed E-state index contributed by atoms with van der Waals surface area (Å²) in [6.45, 7) is 0.565. The lowest BCUT2D eigenvalue weighted by molar-refractivity contribution is -0.126. The second-order valence-corrected chi connectivity index (χ2v) is 6.67. The standard InChI is InChI=1S/C20H19FN2O2/c21-16-7-3-2-6-15(16)20(10-11-20)19(25)22-13-18(24)23-12-9-14-5-1-4-8-17(14)23/h1-8H,9-13H2,(H,22,25). The van der Waals surface area contributed by atoms with Gasteiger partial charge in [-0.3, -0.25) is 9.59 Å². The second kappa shape index (κ2) is 5.99. The number of fused-ring (bicyclic) bond motifs is 1. The Morgan fingerprint density at radius 3 is 2.56 bits per heavy atom. The Morgan fingerprint density at radius 1 is 1.08 bits per heavy atom. The first-order valence-electron chi connectivity index (χ1n) is 8.53. The number of halogens is 1. The highest BCUT2D eigenvalue weighted by atomic mass is 19.1. The highest BCUT2D eigenvalue weighted by Crippen LogP contribution is 2.49. The molecule has 1 saturated carbocycles. The first kappa shape index (κ1) is 15.8. The molecule has 0 atom stereocenters. The molecule has 0 aromatic heterocycles. The van der Waals surface area contributed by atoms with Crippen LogP contribution in [0.4, 0.5) is 10.1 Å². The largest absolute Gasteiger partial charge is 0.346 e. The molecule has 5 heteroatoms. The SMILES string of the molecule is O=C(CNC(=O)C1(c2ccccc2F)CC1)N1CCc2ccccc21. The van der Waals surface area contributed by atoms with Gasteiger partial charge in [0, 0.05) is 17.8 Å². The van der Waals surface area contributed by atoms with E-state index in [9.17, 15) is 14.0 Å². The molecule has 1 aliphatic carbocycles.